The van der Waals surface area contributed by atoms with E-state index in [-0.39, 0.29) is 5.91 Å². The molecule has 1 heterocycles. The molecule has 0 radical (unpaired) electrons. The van der Waals surface area contributed by atoms with Gasteiger partial charge in [0, 0.05) is 32.1 Å². The molecule has 1 aliphatic heterocycles. The number of hydrogen-bond acceptors (Lipinski definition) is 4. The molecule has 0 unspecified atom stereocenters. The van der Waals surface area contributed by atoms with Crippen molar-refractivity contribution >= 4 is 23.4 Å². The molecule has 110 valence electrons. The molecule has 1 saturated heterocycles. The van der Waals surface area contributed by atoms with Crippen molar-refractivity contribution in [2.24, 2.45) is 0 Å². The molecule has 2 N–H and O–H groups in total. The highest BCUT2D eigenvalue weighted by molar-refractivity contribution is 7.99. The van der Waals surface area contributed by atoms with Gasteiger partial charge >= 0.3 is 0 Å². The predicted octanol–water partition coefficient (Wildman–Crippen LogP) is 1.55. The van der Waals surface area contributed by atoms with Crippen LogP contribution in [-0.4, -0.2) is 42.2 Å². The second-order valence-corrected chi connectivity index (χ2v) is 6.64. The lowest BCUT2D eigenvalue weighted by Gasteiger charge is -2.21. The van der Waals surface area contributed by atoms with E-state index in [0.29, 0.717) is 18.7 Å². The number of rotatable bonds is 4. The number of anilines is 1. The Morgan fingerprint density at radius 2 is 2.25 bits per heavy atom. The molecule has 0 saturated carbocycles. The predicted molar refractivity (Wildman–Crippen MR) is 84.2 cm³/mol. The van der Waals surface area contributed by atoms with E-state index in [1.165, 1.54) is 11.3 Å². The molecule has 0 bridgehead atoms. The maximum Gasteiger partial charge on any atom is 0.253 e. The number of amides is 1. The Bertz CT molecular complexity index is 497. The third kappa shape index (κ3) is 3.27. The van der Waals surface area contributed by atoms with Crippen LogP contribution >= 0.6 is 11.8 Å². The summed E-state index contributed by atoms with van der Waals surface area (Å²) < 4.78 is 0. The molecular formula is C15H22N2O2S. The topological polar surface area (TPSA) is 52.6 Å². The molecule has 0 aliphatic carbocycles. The normalized spacial score (nSPS) is 21.8. The van der Waals surface area contributed by atoms with Gasteiger partial charge in [-0.05, 0) is 36.3 Å². The summed E-state index contributed by atoms with van der Waals surface area (Å²) >= 11 is 1.62. The van der Waals surface area contributed by atoms with Gasteiger partial charge in [-0.2, -0.15) is 11.8 Å². The lowest BCUT2D eigenvalue weighted by Crippen LogP contribution is -2.46. The van der Waals surface area contributed by atoms with Crippen molar-refractivity contribution < 1.29 is 9.90 Å². The van der Waals surface area contributed by atoms with Gasteiger partial charge in [0.25, 0.3) is 5.91 Å². The summed E-state index contributed by atoms with van der Waals surface area (Å²) in [5.41, 5.74) is 2.22. The van der Waals surface area contributed by atoms with Crippen LogP contribution in [0.25, 0.3) is 0 Å². The van der Waals surface area contributed by atoms with Crippen LogP contribution in [0.4, 0.5) is 5.69 Å². The zero-order valence-corrected chi connectivity index (χ0v) is 13.1. The maximum absolute atomic E-state index is 12.0. The summed E-state index contributed by atoms with van der Waals surface area (Å²) in [4.78, 5) is 14.1. The zero-order chi connectivity index (χ0) is 14.8. The Kier molecular flexibility index (Phi) is 4.60. The van der Waals surface area contributed by atoms with Gasteiger partial charge < -0.3 is 15.3 Å². The van der Waals surface area contributed by atoms with Crippen LogP contribution in [0.2, 0.25) is 0 Å². The highest BCUT2D eigenvalue weighted by atomic mass is 32.2. The summed E-state index contributed by atoms with van der Waals surface area (Å²) in [7, 11) is 4.02. The van der Waals surface area contributed by atoms with Crippen LogP contribution in [-0.2, 0) is 11.3 Å². The van der Waals surface area contributed by atoms with E-state index in [1.807, 2.05) is 20.2 Å². The number of hydrogen-bond donors (Lipinski definition) is 2. The van der Waals surface area contributed by atoms with E-state index in [2.05, 4.69) is 29.3 Å². The highest BCUT2D eigenvalue weighted by Gasteiger charge is 2.39. The SMILES string of the molecule is Cc1cc(CNC(=O)[C@@]2(O)CCSC2)ccc1N(C)C. The number of benzene rings is 1. The molecule has 0 aromatic heterocycles. The molecule has 1 fully saturated rings. The molecule has 1 amide bonds. The van der Waals surface area contributed by atoms with Crippen LogP contribution < -0.4 is 10.2 Å². The van der Waals surface area contributed by atoms with E-state index in [0.717, 1.165) is 11.3 Å². The fourth-order valence-electron chi connectivity index (χ4n) is 2.41. The number of carbonyl (C=O) groups excluding carboxylic acids is 1. The standard InChI is InChI=1S/C15H22N2O2S/c1-11-8-12(4-5-13(11)17(2)3)9-16-14(18)15(19)6-7-20-10-15/h4-5,8,19H,6-7,9-10H2,1-3H3,(H,16,18)/t15-/m1/s1. The summed E-state index contributed by atoms with van der Waals surface area (Å²) in [5.74, 6) is 1.09. The second kappa shape index (κ2) is 6.06. The van der Waals surface area contributed by atoms with Crippen molar-refractivity contribution in [3.8, 4) is 0 Å². The largest absolute Gasteiger partial charge is 0.379 e. The van der Waals surface area contributed by atoms with Gasteiger partial charge in [0.2, 0.25) is 0 Å². The number of carbonyl (C=O) groups is 1. The summed E-state index contributed by atoms with van der Waals surface area (Å²) in [5, 5.41) is 13.0. The van der Waals surface area contributed by atoms with Gasteiger partial charge in [-0.3, -0.25) is 4.79 Å². The molecule has 4 nitrogen and oxygen atoms in total. The van der Waals surface area contributed by atoms with E-state index in [1.54, 1.807) is 11.8 Å². The Hall–Kier alpha value is -1.20. The van der Waals surface area contributed by atoms with Crippen LogP contribution in [0.15, 0.2) is 18.2 Å². The number of thioether (sulfide) groups is 1. The first-order valence-electron chi connectivity index (χ1n) is 6.78. The Morgan fingerprint density at radius 1 is 1.50 bits per heavy atom. The quantitative estimate of drug-likeness (QED) is 0.884. The molecule has 1 aliphatic rings. The molecule has 0 spiro atoms. The molecule has 2 rings (SSSR count). The monoisotopic (exact) mass is 294 g/mol. The van der Waals surface area contributed by atoms with Crippen molar-refractivity contribution in [1.29, 1.82) is 0 Å². The maximum atomic E-state index is 12.0. The lowest BCUT2D eigenvalue weighted by molar-refractivity contribution is -0.137. The van der Waals surface area contributed by atoms with Crippen molar-refractivity contribution in [2.45, 2.75) is 25.5 Å². The smallest absolute Gasteiger partial charge is 0.253 e. The van der Waals surface area contributed by atoms with Crippen molar-refractivity contribution in [3.63, 3.8) is 0 Å². The number of aryl methyl sites for hydroxylation is 1. The fourth-order valence-corrected chi connectivity index (χ4v) is 3.65. The van der Waals surface area contributed by atoms with Gasteiger partial charge in [-0.25, -0.2) is 0 Å². The third-order valence-electron chi connectivity index (χ3n) is 3.62. The van der Waals surface area contributed by atoms with E-state index >= 15 is 0 Å². The van der Waals surface area contributed by atoms with Gasteiger partial charge in [0.15, 0.2) is 5.60 Å². The highest BCUT2D eigenvalue weighted by Crippen LogP contribution is 2.28. The number of aliphatic hydroxyl groups is 1. The number of nitrogens with one attached hydrogen (secondary N) is 1. The third-order valence-corrected chi connectivity index (χ3v) is 4.79. The molecule has 1 atom stereocenters. The first-order chi connectivity index (χ1) is 9.42. The van der Waals surface area contributed by atoms with Crippen molar-refractivity contribution in [3.05, 3.63) is 29.3 Å². The van der Waals surface area contributed by atoms with Gasteiger partial charge in [0.1, 0.15) is 0 Å². The zero-order valence-electron chi connectivity index (χ0n) is 12.3. The summed E-state index contributed by atoms with van der Waals surface area (Å²) in [6, 6.07) is 6.13. The van der Waals surface area contributed by atoms with Crippen LogP contribution in [0.5, 0.6) is 0 Å². The lowest BCUT2D eigenvalue weighted by atomic mass is 10.0. The second-order valence-electron chi connectivity index (χ2n) is 5.53. The minimum Gasteiger partial charge on any atom is -0.379 e. The number of nitrogens with zero attached hydrogens (tertiary/aromatic N) is 1. The minimum absolute atomic E-state index is 0.253. The Labute approximate surface area is 124 Å². The summed E-state index contributed by atoms with van der Waals surface area (Å²) in [6.45, 7) is 2.52. The molecule has 1 aromatic rings. The van der Waals surface area contributed by atoms with Crippen LogP contribution in [0.1, 0.15) is 17.5 Å². The molecular weight excluding hydrogens is 272 g/mol. The van der Waals surface area contributed by atoms with Gasteiger partial charge in [-0.1, -0.05) is 12.1 Å². The fraction of sp³-hybridized carbons (Fsp3) is 0.533. The van der Waals surface area contributed by atoms with Crippen LogP contribution in [0, 0.1) is 6.92 Å². The van der Waals surface area contributed by atoms with E-state index in [4.69, 9.17) is 0 Å². The van der Waals surface area contributed by atoms with Crippen molar-refractivity contribution in [2.75, 3.05) is 30.5 Å². The van der Waals surface area contributed by atoms with Gasteiger partial charge in [-0.15, -0.1) is 0 Å². The average molecular weight is 294 g/mol. The van der Waals surface area contributed by atoms with Crippen LogP contribution in [0.3, 0.4) is 0 Å². The Morgan fingerprint density at radius 3 is 2.80 bits per heavy atom. The minimum atomic E-state index is -1.18. The van der Waals surface area contributed by atoms with Gasteiger partial charge in [0.05, 0.1) is 0 Å². The first-order valence-corrected chi connectivity index (χ1v) is 7.93. The first kappa shape index (κ1) is 15.2. The van der Waals surface area contributed by atoms with E-state index in [9.17, 15) is 9.90 Å². The molecule has 1 aromatic carbocycles. The average Bonchev–Trinajstić information content (AvgIpc) is 2.84. The van der Waals surface area contributed by atoms with Crippen molar-refractivity contribution in [1.82, 2.24) is 5.32 Å². The Balaban J connectivity index is 1.97. The summed E-state index contributed by atoms with van der Waals surface area (Å²) in [6.07, 6.45) is 0.544. The molecule has 5 heteroatoms. The molecule has 20 heavy (non-hydrogen) atoms. The van der Waals surface area contributed by atoms with E-state index < -0.39 is 5.60 Å².